The van der Waals surface area contributed by atoms with E-state index in [0.717, 1.165) is 25.9 Å². The molecule has 1 saturated heterocycles. The molecule has 5 nitrogen and oxygen atoms in total. The van der Waals surface area contributed by atoms with Crippen LogP contribution in [0.3, 0.4) is 0 Å². The Bertz CT molecular complexity index is 285. The van der Waals surface area contributed by atoms with Crippen LogP contribution in [-0.4, -0.2) is 36.1 Å². The summed E-state index contributed by atoms with van der Waals surface area (Å²) in [6.45, 7) is 5.45. The lowest BCUT2D eigenvalue weighted by molar-refractivity contribution is -0.141. The van der Waals surface area contributed by atoms with Crippen LogP contribution in [0.2, 0.25) is 0 Å². The smallest absolute Gasteiger partial charge is 0.326 e. The normalized spacial score (nSPS) is 20.8. The minimum absolute atomic E-state index is 0.189. The van der Waals surface area contributed by atoms with Gasteiger partial charge in [0, 0.05) is 6.42 Å². The maximum Gasteiger partial charge on any atom is 0.326 e. The molecule has 1 amide bonds. The van der Waals surface area contributed by atoms with Crippen molar-refractivity contribution in [1.82, 2.24) is 10.6 Å². The monoisotopic (exact) mass is 240 g/mol. The van der Waals surface area contributed by atoms with E-state index >= 15 is 0 Å². The predicted octanol–water partition coefficient (Wildman–Crippen LogP) is 0.522. The van der Waals surface area contributed by atoms with Crippen LogP contribution in [0.4, 0.5) is 0 Å². The summed E-state index contributed by atoms with van der Waals surface area (Å²) in [5.41, 5.74) is 0. The number of hydrogen-bond acceptors (Lipinski definition) is 3. The fourth-order valence-corrected chi connectivity index (χ4v) is 1.95. The Hall–Kier alpha value is -1.36. The second kappa shape index (κ2) is 7.06. The Morgan fingerprint density at radius 3 is 2.88 bits per heavy atom. The highest BCUT2D eigenvalue weighted by atomic mass is 16.4. The van der Waals surface area contributed by atoms with Gasteiger partial charge < -0.3 is 15.7 Å². The molecule has 0 radical (unpaired) electrons. The van der Waals surface area contributed by atoms with Crippen LogP contribution in [0.5, 0.6) is 0 Å². The Morgan fingerprint density at radius 1 is 1.59 bits per heavy atom. The molecule has 0 saturated carbocycles. The topological polar surface area (TPSA) is 78.4 Å². The van der Waals surface area contributed by atoms with Gasteiger partial charge >= 0.3 is 5.97 Å². The van der Waals surface area contributed by atoms with Crippen LogP contribution in [0.25, 0.3) is 0 Å². The minimum Gasteiger partial charge on any atom is -0.480 e. The quantitative estimate of drug-likeness (QED) is 0.567. The molecule has 0 aromatic carbocycles. The van der Waals surface area contributed by atoms with E-state index in [1.54, 1.807) is 0 Å². The summed E-state index contributed by atoms with van der Waals surface area (Å²) in [5, 5.41) is 14.6. The van der Waals surface area contributed by atoms with Crippen LogP contribution < -0.4 is 10.6 Å². The minimum atomic E-state index is -1.01. The van der Waals surface area contributed by atoms with E-state index in [-0.39, 0.29) is 12.3 Å². The molecule has 0 aliphatic carbocycles. The summed E-state index contributed by atoms with van der Waals surface area (Å²) in [7, 11) is 0. The number of carboxylic acid groups (broad SMARTS) is 1. The fourth-order valence-electron chi connectivity index (χ4n) is 1.95. The Kier molecular flexibility index (Phi) is 5.69. The summed E-state index contributed by atoms with van der Waals surface area (Å²) in [6, 6.07) is -0.846. The molecular formula is C12H20N2O3. The van der Waals surface area contributed by atoms with Gasteiger partial charge in [-0.1, -0.05) is 6.08 Å². The molecular weight excluding hydrogens is 220 g/mol. The third-order valence-corrected chi connectivity index (χ3v) is 2.98. The molecule has 0 spiro atoms. The second-order valence-electron chi connectivity index (χ2n) is 4.38. The zero-order chi connectivity index (χ0) is 12.7. The number of rotatable bonds is 7. The first-order valence-electron chi connectivity index (χ1n) is 5.97. The van der Waals surface area contributed by atoms with Crippen molar-refractivity contribution >= 4 is 11.9 Å². The molecule has 1 aliphatic rings. The van der Waals surface area contributed by atoms with Gasteiger partial charge in [-0.3, -0.25) is 4.79 Å². The van der Waals surface area contributed by atoms with E-state index in [0.29, 0.717) is 12.3 Å². The number of amides is 1. The summed E-state index contributed by atoms with van der Waals surface area (Å²) < 4.78 is 0. The van der Waals surface area contributed by atoms with Crippen LogP contribution in [0.15, 0.2) is 12.7 Å². The first-order chi connectivity index (χ1) is 8.13. The lowest BCUT2D eigenvalue weighted by Gasteiger charge is -2.13. The summed E-state index contributed by atoms with van der Waals surface area (Å²) in [6.07, 6.45) is 4.07. The number of nitrogens with one attached hydrogen (secondary N) is 2. The maximum absolute atomic E-state index is 11.6. The van der Waals surface area contributed by atoms with Gasteiger partial charge in [-0.25, -0.2) is 4.79 Å². The lowest BCUT2D eigenvalue weighted by atomic mass is 10.0. The van der Waals surface area contributed by atoms with Crippen molar-refractivity contribution in [2.75, 3.05) is 13.1 Å². The highest BCUT2D eigenvalue weighted by Gasteiger charge is 2.20. The standard InChI is InChI=1S/C12H20N2O3/c1-2-3-10(12(16)17)14-11(15)5-4-9-6-7-13-8-9/h2,9-10,13H,1,3-8H2,(H,14,15)(H,16,17). The van der Waals surface area contributed by atoms with Gasteiger partial charge in [-0.05, 0) is 38.3 Å². The largest absolute Gasteiger partial charge is 0.480 e. The average molecular weight is 240 g/mol. The van der Waals surface area contributed by atoms with Gasteiger partial charge in [0.15, 0.2) is 0 Å². The number of hydrogen-bond donors (Lipinski definition) is 3. The molecule has 2 unspecified atom stereocenters. The summed E-state index contributed by atoms with van der Waals surface area (Å²) in [5.74, 6) is -0.657. The number of carboxylic acids is 1. The molecule has 1 aliphatic heterocycles. The van der Waals surface area contributed by atoms with Crippen molar-refractivity contribution in [3.8, 4) is 0 Å². The van der Waals surface area contributed by atoms with E-state index in [1.807, 2.05) is 0 Å². The van der Waals surface area contributed by atoms with Gasteiger partial charge in [0.25, 0.3) is 0 Å². The molecule has 3 N–H and O–H groups in total. The zero-order valence-corrected chi connectivity index (χ0v) is 9.95. The number of carbonyl (C=O) groups is 2. The van der Waals surface area contributed by atoms with Gasteiger partial charge in [-0.15, -0.1) is 6.58 Å². The molecule has 1 fully saturated rings. The van der Waals surface area contributed by atoms with Crippen LogP contribution in [0.1, 0.15) is 25.7 Å². The van der Waals surface area contributed by atoms with Crippen LogP contribution in [-0.2, 0) is 9.59 Å². The van der Waals surface area contributed by atoms with Crippen molar-refractivity contribution in [2.24, 2.45) is 5.92 Å². The van der Waals surface area contributed by atoms with E-state index in [2.05, 4.69) is 17.2 Å². The van der Waals surface area contributed by atoms with E-state index in [9.17, 15) is 9.59 Å². The summed E-state index contributed by atoms with van der Waals surface area (Å²) in [4.78, 5) is 22.4. The SMILES string of the molecule is C=CCC(NC(=O)CCC1CCNC1)C(=O)O. The lowest BCUT2D eigenvalue weighted by Crippen LogP contribution is -2.40. The molecule has 17 heavy (non-hydrogen) atoms. The Balaban J connectivity index is 2.26. The summed E-state index contributed by atoms with van der Waals surface area (Å²) >= 11 is 0. The molecule has 1 heterocycles. The van der Waals surface area contributed by atoms with Crippen LogP contribution >= 0.6 is 0 Å². The van der Waals surface area contributed by atoms with Gasteiger partial charge in [0.2, 0.25) is 5.91 Å². The zero-order valence-electron chi connectivity index (χ0n) is 9.95. The maximum atomic E-state index is 11.6. The van der Waals surface area contributed by atoms with Crippen molar-refractivity contribution in [3.05, 3.63) is 12.7 Å². The average Bonchev–Trinajstić information content (AvgIpc) is 2.78. The highest BCUT2D eigenvalue weighted by Crippen LogP contribution is 2.14. The van der Waals surface area contributed by atoms with Gasteiger partial charge in [0.1, 0.15) is 6.04 Å². The Labute approximate surface area is 101 Å². The molecule has 2 atom stereocenters. The third-order valence-electron chi connectivity index (χ3n) is 2.98. The van der Waals surface area contributed by atoms with Crippen molar-refractivity contribution in [1.29, 1.82) is 0 Å². The van der Waals surface area contributed by atoms with Gasteiger partial charge in [0.05, 0.1) is 0 Å². The van der Waals surface area contributed by atoms with Crippen molar-refractivity contribution in [2.45, 2.75) is 31.7 Å². The van der Waals surface area contributed by atoms with Crippen molar-refractivity contribution in [3.63, 3.8) is 0 Å². The van der Waals surface area contributed by atoms with E-state index in [1.165, 1.54) is 6.08 Å². The number of carbonyl (C=O) groups excluding carboxylic acids is 1. The highest BCUT2D eigenvalue weighted by molar-refractivity contribution is 5.83. The molecule has 0 aromatic heterocycles. The van der Waals surface area contributed by atoms with E-state index in [4.69, 9.17) is 5.11 Å². The third kappa shape index (κ3) is 4.99. The molecule has 1 rings (SSSR count). The van der Waals surface area contributed by atoms with Crippen molar-refractivity contribution < 1.29 is 14.7 Å². The predicted molar refractivity (Wildman–Crippen MR) is 64.6 cm³/mol. The first-order valence-corrected chi connectivity index (χ1v) is 5.97. The second-order valence-corrected chi connectivity index (χ2v) is 4.38. The molecule has 96 valence electrons. The number of aliphatic carboxylic acids is 1. The molecule has 5 heteroatoms. The first kappa shape index (κ1) is 13.7. The fraction of sp³-hybridized carbons (Fsp3) is 0.667. The molecule has 0 bridgehead atoms. The molecule has 0 aromatic rings. The Morgan fingerprint density at radius 2 is 2.35 bits per heavy atom. The van der Waals surface area contributed by atoms with E-state index < -0.39 is 12.0 Å². The van der Waals surface area contributed by atoms with Crippen LogP contribution in [0, 0.1) is 5.92 Å². The van der Waals surface area contributed by atoms with Gasteiger partial charge in [-0.2, -0.15) is 0 Å².